The van der Waals surface area contributed by atoms with Gasteiger partial charge in [0, 0.05) is 10.5 Å². The highest BCUT2D eigenvalue weighted by Gasteiger charge is 2.42. The highest BCUT2D eigenvalue weighted by Crippen LogP contribution is 2.32. The molecule has 1 aliphatic rings. The number of halogens is 1. The van der Waals surface area contributed by atoms with E-state index in [0.29, 0.717) is 0 Å². The van der Waals surface area contributed by atoms with Crippen LogP contribution in [-0.4, -0.2) is 22.9 Å². The highest BCUT2D eigenvalue weighted by molar-refractivity contribution is 9.10. The highest BCUT2D eigenvalue weighted by atomic mass is 79.9. The normalized spacial score (nSPS) is 20.4. The number of rotatable bonds is 3. The fourth-order valence-electron chi connectivity index (χ4n) is 2.67. The minimum absolute atomic E-state index is 0.359. The van der Waals surface area contributed by atoms with Gasteiger partial charge in [0.25, 0.3) is 5.91 Å². The largest absolute Gasteiger partial charge is 0.439 e. The number of hydrogen-bond donors (Lipinski definition) is 0. The van der Waals surface area contributed by atoms with Gasteiger partial charge in [-0.3, -0.25) is 4.79 Å². The summed E-state index contributed by atoms with van der Waals surface area (Å²) in [5, 5.41) is 0. The van der Waals surface area contributed by atoms with Gasteiger partial charge in [-0.1, -0.05) is 58.4 Å². The molecule has 3 rings (SSSR count). The Kier molecular flexibility index (Phi) is 4.81. The van der Waals surface area contributed by atoms with Crippen LogP contribution in [0.25, 0.3) is 6.08 Å². The average Bonchev–Trinajstić information content (AvgIpc) is 2.89. The zero-order valence-electron chi connectivity index (χ0n) is 13.1. The molecule has 0 unspecified atom stereocenters. The molecule has 1 saturated heterocycles. The molecule has 2 aromatic carbocycles. The molecule has 24 heavy (non-hydrogen) atoms. The number of hydrogen-bond acceptors (Lipinski definition) is 3. The summed E-state index contributed by atoms with van der Waals surface area (Å²) >= 11 is 3.36. The topological polar surface area (TPSA) is 46.6 Å². The Morgan fingerprint density at radius 1 is 1.12 bits per heavy atom. The Morgan fingerprint density at radius 2 is 1.79 bits per heavy atom. The Labute approximate surface area is 148 Å². The first-order chi connectivity index (χ1) is 11.6. The van der Waals surface area contributed by atoms with Gasteiger partial charge in [-0.25, -0.2) is 9.69 Å². The maximum atomic E-state index is 12.4. The molecule has 122 valence electrons. The molecule has 1 aliphatic heterocycles. The predicted molar refractivity (Wildman–Crippen MR) is 95.1 cm³/mol. The Hall–Kier alpha value is -2.40. The molecule has 0 radical (unpaired) electrons. The van der Waals surface area contributed by atoms with Crippen molar-refractivity contribution >= 4 is 34.0 Å². The van der Waals surface area contributed by atoms with Gasteiger partial charge in [0.2, 0.25) is 0 Å². The minimum Gasteiger partial charge on any atom is -0.439 e. The van der Waals surface area contributed by atoms with E-state index in [1.165, 1.54) is 6.08 Å². The van der Waals surface area contributed by atoms with E-state index in [2.05, 4.69) is 15.9 Å². The second-order valence-corrected chi connectivity index (χ2v) is 6.46. The summed E-state index contributed by atoms with van der Waals surface area (Å²) in [7, 11) is 0. The van der Waals surface area contributed by atoms with Crippen LogP contribution in [0.2, 0.25) is 0 Å². The van der Waals surface area contributed by atoms with Crippen LogP contribution < -0.4 is 0 Å². The van der Waals surface area contributed by atoms with Crippen molar-refractivity contribution in [1.29, 1.82) is 0 Å². The Bertz CT molecular complexity index is 771. The summed E-state index contributed by atoms with van der Waals surface area (Å²) in [6.45, 7) is 1.81. The smallest absolute Gasteiger partial charge is 0.417 e. The summed E-state index contributed by atoms with van der Waals surface area (Å²) in [6, 6.07) is 16.6. The zero-order valence-corrected chi connectivity index (χ0v) is 14.6. The third-order valence-corrected chi connectivity index (χ3v) is 4.45. The Balaban J connectivity index is 1.75. The number of amides is 2. The number of cyclic esters (lactones) is 1. The minimum atomic E-state index is -0.609. The molecule has 5 heteroatoms. The fraction of sp³-hybridized carbons (Fsp3) is 0.158. The fourth-order valence-corrected chi connectivity index (χ4v) is 2.93. The average molecular weight is 386 g/mol. The third kappa shape index (κ3) is 3.41. The lowest BCUT2D eigenvalue weighted by Gasteiger charge is -2.17. The third-order valence-electron chi connectivity index (χ3n) is 3.92. The first-order valence-corrected chi connectivity index (χ1v) is 8.38. The number of nitrogens with zero attached hydrogens (tertiary/aromatic N) is 1. The zero-order chi connectivity index (χ0) is 17.1. The standard InChI is InChI=1S/C19H16BrNO3/c1-13-18(15-5-3-2-4-6-15)24-19(23)21(13)17(22)12-9-14-7-10-16(20)11-8-14/h2-13,18H,1H3/b12-9+/t13-,18+/m0/s1. The molecule has 0 spiro atoms. The molecule has 0 bridgehead atoms. The van der Waals surface area contributed by atoms with Crippen molar-refractivity contribution in [1.82, 2.24) is 4.90 Å². The SMILES string of the molecule is C[C@H]1[C@H](c2ccccc2)OC(=O)N1C(=O)/C=C/c1ccc(Br)cc1. The molecule has 0 saturated carbocycles. The van der Waals surface area contributed by atoms with Crippen molar-refractivity contribution in [3.05, 3.63) is 76.3 Å². The van der Waals surface area contributed by atoms with Gasteiger partial charge in [-0.05, 0) is 36.3 Å². The number of ether oxygens (including phenoxy) is 1. The maximum Gasteiger partial charge on any atom is 0.417 e. The van der Waals surface area contributed by atoms with Crippen LogP contribution >= 0.6 is 15.9 Å². The van der Waals surface area contributed by atoms with E-state index >= 15 is 0 Å². The van der Waals surface area contributed by atoms with Crippen LogP contribution in [0.3, 0.4) is 0 Å². The molecular formula is C19H16BrNO3. The van der Waals surface area contributed by atoms with Gasteiger partial charge >= 0.3 is 6.09 Å². The Morgan fingerprint density at radius 3 is 2.46 bits per heavy atom. The van der Waals surface area contributed by atoms with Crippen molar-refractivity contribution < 1.29 is 14.3 Å². The van der Waals surface area contributed by atoms with E-state index in [1.807, 2.05) is 61.5 Å². The van der Waals surface area contributed by atoms with E-state index < -0.39 is 12.2 Å². The van der Waals surface area contributed by atoms with Gasteiger partial charge in [0.05, 0.1) is 6.04 Å². The molecule has 1 heterocycles. The summed E-state index contributed by atoms with van der Waals surface area (Å²) in [5.74, 6) is -0.381. The van der Waals surface area contributed by atoms with Crippen molar-refractivity contribution in [2.24, 2.45) is 0 Å². The summed E-state index contributed by atoms with van der Waals surface area (Å²) in [5.41, 5.74) is 1.76. The van der Waals surface area contributed by atoms with Crippen molar-refractivity contribution in [2.75, 3.05) is 0 Å². The van der Waals surface area contributed by atoms with Gasteiger partial charge in [0.15, 0.2) is 0 Å². The summed E-state index contributed by atoms with van der Waals surface area (Å²) in [4.78, 5) is 25.7. The number of benzene rings is 2. The summed E-state index contributed by atoms with van der Waals surface area (Å²) < 4.78 is 6.35. The van der Waals surface area contributed by atoms with Crippen LogP contribution in [0.15, 0.2) is 65.1 Å². The van der Waals surface area contributed by atoms with E-state index in [9.17, 15) is 9.59 Å². The van der Waals surface area contributed by atoms with Gasteiger partial charge in [0.1, 0.15) is 6.10 Å². The molecule has 2 atom stereocenters. The number of carbonyl (C=O) groups excluding carboxylic acids is 2. The van der Waals surface area contributed by atoms with Crippen LogP contribution in [0.5, 0.6) is 0 Å². The lowest BCUT2D eigenvalue weighted by atomic mass is 10.0. The van der Waals surface area contributed by atoms with Crippen molar-refractivity contribution in [3.63, 3.8) is 0 Å². The molecule has 1 fully saturated rings. The van der Waals surface area contributed by atoms with Gasteiger partial charge in [-0.15, -0.1) is 0 Å². The van der Waals surface area contributed by atoms with Crippen LogP contribution in [0.4, 0.5) is 4.79 Å². The lowest BCUT2D eigenvalue weighted by molar-refractivity contribution is -0.124. The van der Waals surface area contributed by atoms with Crippen LogP contribution in [0, 0.1) is 0 Å². The van der Waals surface area contributed by atoms with Crippen LogP contribution in [-0.2, 0) is 9.53 Å². The quantitative estimate of drug-likeness (QED) is 0.726. The van der Waals surface area contributed by atoms with Gasteiger partial charge < -0.3 is 4.74 Å². The number of carbonyl (C=O) groups is 2. The van der Waals surface area contributed by atoms with E-state index in [0.717, 1.165) is 20.5 Å². The van der Waals surface area contributed by atoms with E-state index in [1.54, 1.807) is 6.08 Å². The predicted octanol–water partition coefficient (Wildman–Crippen LogP) is 4.57. The second kappa shape index (κ2) is 7.01. The molecule has 2 amide bonds. The molecule has 4 nitrogen and oxygen atoms in total. The molecular weight excluding hydrogens is 370 g/mol. The molecule has 2 aromatic rings. The monoisotopic (exact) mass is 385 g/mol. The van der Waals surface area contributed by atoms with E-state index in [4.69, 9.17) is 4.74 Å². The first-order valence-electron chi connectivity index (χ1n) is 7.58. The molecule has 0 N–H and O–H groups in total. The molecule has 0 aromatic heterocycles. The second-order valence-electron chi connectivity index (χ2n) is 5.55. The lowest BCUT2D eigenvalue weighted by Crippen LogP contribution is -2.36. The van der Waals surface area contributed by atoms with E-state index in [-0.39, 0.29) is 11.9 Å². The van der Waals surface area contributed by atoms with Crippen molar-refractivity contribution in [2.45, 2.75) is 19.1 Å². The van der Waals surface area contributed by atoms with Gasteiger partial charge in [-0.2, -0.15) is 0 Å². The van der Waals surface area contributed by atoms with Crippen molar-refractivity contribution in [3.8, 4) is 0 Å². The first kappa shape index (κ1) is 16.5. The summed E-state index contributed by atoms with van der Waals surface area (Å²) in [6.07, 6.45) is 2.03. The van der Waals surface area contributed by atoms with Crippen LogP contribution in [0.1, 0.15) is 24.2 Å². The molecule has 0 aliphatic carbocycles. The maximum absolute atomic E-state index is 12.4. The number of imide groups is 1.